The van der Waals surface area contributed by atoms with E-state index in [1.165, 1.54) is 7.11 Å². The van der Waals surface area contributed by atoms with Crippen LogP contribution < -0.4 is 5.32 Å². The summed E-state index contributed by atoms with van der Waals surface area (Å²) in [5.41, 5.74) is 0. The second-order valence-corrected chi connectivity index (χ2v) is 7.58. The molecule has 0 aromatic carbocycles. The van der Waals surface area contributed by atoms with Crippen molar-refractivity contribution < 1.29 is 17.9 Å². The van der Waals surface area contributed by atoms with Gasteiger partial charge in [0.1, 0.15) is 9.84 Å². The second-order valence-electron chi connectivity index (χ2n) is 5.28. The van der Waals surface area contributed by atoms with E-state index in [4.69, 9.17) is 4.74 Å². The molecule has 0 aromatic heterocycles. The molecule has 5 nitrogen and oxygen atoms in total. The molecule has 2 fully saturated rings. The first kappa shape index (κ1) is 13.8. The monoisotopic (exact) mass is 275 g/mol. The summed E-state index contributed by atoms with van der Waals surface area (Å²) in [6.45, 7) is 1.56. The minimum atomic E-state index is -2.83. The summed E-state index contributed by atoms with van der Waals surface area (Å²) in [5, 5.41) is 3.22. The Hall–Kier alpha value is -0.620. The van der Waals surface area contributed by atoms with Crippen LogP contribution in [-0.2, 0) is 19.4 Å². The van der Waals surface area contributed by atoms with E-state index in [-0.39, 0.29) is 29.3 Å². The molecule has 2 heterocycles. The van der Waals surface area contributed by atoms with Gasteiger partial charge in [-0.15, -0.1) is 0 Å². The van der Waals surface area contributed by atoms with E-state index < -0.39 is 9.84 Å². The molecular formula is C12H21NO4S. The number of carbonyl (C=O) groups excluding carboxylic acids is 1. The van der Waals surface area contributed by atoms with Crippen molar-refractivity contribution in [3.63, 3.8) is 0 Å². The van der Waals surface area contributed by atoms with E-state index >= 15 is 0 Å². The summed E-state index contributed by atoms with van der Waals surface area (Å²) in [4.78, 5) is 11.8. The molecule has 104 valence electrons. The van der Waals surface area contributed by atoms with Gasteiger partial charge in [0, 0.05) is 6.54 Å². The molecule has 1 N–H and O–H groups in total. The summed E-state index contributed by atoms with van der Waals surface area (Å²) in [7, 11) is -1.41. The Balaban J connectivity index is 2.03. The number of sulfone groups is 1. The molecule has 0 saturated carbocycles. The lowest BCUT2D eigenvalue weighted by molar-refractivity contribution is -0.149. The van der Waals surface area contributed by atoms with Crippen molar-refractivity contribution in [2.45, 2.75) is 19.3 Å². The Bertz CT molecular complexity index is 392. The Kier molecular flexibility index (Phi) is 4.27. The van der Waals surface area contributed by atoms with Crippen LogP contribution in [0.4, 0.5) is 0 Å². The van der Waals surface area contributed by atoms with Crippen molar-refractivity contribution >= 4 is 15.8 Å². The summed E-state index contributed by atoms with van der Waals surface area (Å²) >= 11 is 0. The highest BCUT2D eigenvalue weighted by Gasteiger charge is 2.39. The predicted molar refractivity (Wildman–Crippen MR) is 67.9 cm³/mol. The fraction of sp³-hybridized carbons (Fsp3) is 0.917. The third-order valence-electron chi connectivity index (χ3n) is 4.24. The summed E-state index contributed by atoms with van der Waals surface area (Å²) in [5.74, 6) is 0.884. The maximum Gasteiger partial charge on any atom is 0.310 e. The van der Waals surface area contributed by atoms with Crippen LogP contribution in [0.1, 0.15) is 19.3 Å². The van der Waals surface area contributed by atoms with Crippen LogP contribution in [0, 0.1) is 17.8 Å². The van der Waals surface area contributed by atoms with Crippen LogP contribution in [0.15, 0.2) is 0 Å². The molecule has 0 amide bonds. The standard InChI is InChI=1S/C12H21NO4S/c1-17-12(14)11-8-13-5-2-10(11)9-3-6-18(15,16)7-4-9/h9-11,13H,2-8H2,1H3. The number of nitrogens with one attached hydrogen (secondary N) is 1. The molecule has 18 heavy (non-hydrogen) atoms. The number of rotatable bonds is 2. The van der Waals surface area contributed by atoms with Gasteiger partial charge in [-0.3, -0.25) is 4.79 Å². The predicted octanol–water partition coefficient (Wildman–Crippen LogP) is 0.210. The third kappa shape index (κ3) is 3.03. The Labute approximate surface area is 108 Å². The van der Waals surface area contributed by atoms with Gasteiger partial charge in [0.25, 0.3) is 0 Å². The van der Waals surface area contributed by atoms with Gasteiger partial charge >= 0.3 is 5.97 Å². The molecule has 2 aliphatic rings. The maximum absolute atomic E-state index is 11.8. The van der Waals surface area contributed by atoms with E-state index in [2.05, 4.69) is 5.32 Å². The van der Waals surface area contributed by atoms with Crippen molar-refractivity contribution in [2.75, 3.05) is 31.7 Å². The van der Waals surface area contributed by atoms with Crippen molar-refractivity contribution in [3.8, 4) is 0 Å². The lowest BCUT2D eigenvalue weighted by atomic mass is 9.75. The Morgan fingerprint density at radius 2 is 1.89 bits per heavy atom. The fourth-order valence-corrected chi connectivity index (χ4v) is 4.72. The maximum atomic E-state index is 11.8. The van der Waals surface area contributed by atoms with E-state index in [9.17, 15) is 13.2 Å². The minimum Gasteiger partial charge on any atom is -0.469 e. The zero-order valence-corrected chi connectivity index (χ0v) is 11.5. The number of hydrogen-bond donors (Lipinski definition) is 1. The highest BCUT2D eigenvalue weighted by molar-refractivity contribution is 7.91. The van der Waals surface area contributed by atoms with Gasteiger partial charge in [0.05, 0.1) is 24.5 Å². The third-order valence-corrected chi connectivity index (χ3v) is 5.96. The smallest absolute Gasteiger partial charge is 0.310 e. The Morgan fingerprint density at radius 1 is 1.22 bits per heavy atom. The average molecular weight is 275 g/mol. The van der Waals surface area contributed by atoms with E-state index in [0.29, 0.717) is 25.3 Å². The summed E-state index contributed by atoms with van der Waals surface area (Å²) in [6.07, 6.45) is 2.32. The highest BCUT2D eigenvalue weighted by atomic mass is 32.2. The van der Waals surface area contributed by atoms with Gasteiger partial charge in [0.15, 0.2) is 0 Å². The SMILES string of the molecule is COC(=O)C1CNCCC1C1CCS(=O)(=O)CC1. The van der Waals surface area contributed by atoms with E-state index in [1.807, 2.05) is 0 Å². The quantitative estimate of drug-likeness (QED) is 0.729. The molecule has 2 unspecified atom stereocenters. The number of esters is 1. The molecule has 0 radical (unpaired) electrons. The van der Waals surface area contributed by atoms with Crippen molar-refractivity contribution in [1.82, 2.24) is 5.32 Å². The zero-order valence-electron chi connectivity index (χ0n) is 10.7. The van der Waals surface area contributed by atoms with Crippen LogP contribution >= 0.6 is 0 Å². The van der Waals surface area contributed by atoms with Gasteiger partial charge in [0.2, 0.25) is 0 Å². The molecule has 0 spiro atoms. The average Bonchev–Trinajstić information content (AvgIpc) is 2.38. The van der Waals surface area contributed by atoms with Gasteiger partial charge in [-0.2, -0.15) is 0 Å². The first-order valence-corrected chi connectivity index (χ1v) is 8.34. The molecule has 2 aliphatic heterocycles. The molecule has 2 atom stereocenters. The van der Waals surface area contributed by atoms with Crippen molar-refractivity contribution in [3.05, 3.63) is 0 Å². The van der Waals surface area contributed by atoms with Crippen LogP contribution in [0.5, 0.6) is 0 Å². The summed E-state index contributed by atoms with van der Waals surface area (Å²) < 4.78 is 27.7. The fourth-order valence-electron chi connectivity index (χ4n) is 3.19. The number of methoxy groups -OCH3 is 1. The van der Waals surface area contributed by atoms with Crippen LogP contribution in [0.2, 0.25) is 0 Å². The molecular weight excluding hydrogens is 254 g/mol. The minimum absolute atomic E-state index is 0.116. The van der Waals surface area contributed by atoms with Crippen molar-refractivity contribution in [1.29, 1.82) is 0 Å². The number of ether oxygens (including phenoxy) is 1. The molecule has 0 bridgehead atoms. The van der Waals surface area contributed by atoms with Crippen LogP contribution in [0.3, 0.4) is 0 Å². The number of carbonyl (C=O) groups is 1. The van der Waals surface area contributed by atoms with Crippen LogP contribution in [0.25, 0.3) is 0 Å². The molecule has 2 rings (SSSR count). The van der Waals surface area contributed by atoms with Crippen LogP contribution in [-0.4, -0.2) is 46.1 Å². The van der Waals surface area contributed by atoms with Gasteiger partial charge in [-0.05, 0) is 37.6 Å². The van der Waals surface area contributed by atoms with Gasteiger partial charge < -0.3 is 10.1 Å². The number of piperidine rings is 1. The second kappa shape index (κ2) is 5.57. The molecule has 0 aromatic rings. The van der Waals surface area contributed by atoms with Gasteiger partial charge in [-0.1, -0.05) is 0 Å². The molecule has 6 heteroatoms. The topological polar surface area (TPSA) is 72.5 Å². The Morgan fingerprint density at radius 3 is 2.50 bits per heavy atom. The van der Waals surface area contributed by atoms with E-state index in [1.54, 1.807) is 0 Å². The first-order valence-electron chi connectivity index (χ1n) is 6.52. The normalized spacial score (nSPS) is 32.9. The zero-order chi connectivity index (χ0) is 13.2. The van der Waals surface area contributed by atoms with Crippen molar-refractivity contribution in [2.24, 2.45) is 17.8 Å². The van der Waals surface area contributed by atoms with E-state index in [0.717, 1.165) is 13.0 Å². The lowest BCUT2D eigenvalue weighted by Gasteiger charge is -2.37. The molecule has 2 saturated heterocycles. The number of hydrogen-bond acceptors (Lipinski definition) is 5. The molecule has 0 aliphatic carbocycles. The lowest BCUT2D eigenvalue weighted by Crippen LogP contribution is -2.45. The highest BCUT2D eigenvalue weighted by Crippen LogP contribution is 2.35. The van der Waals surface area contributed by atoms with Gasteiger partial charge in [-0.25, -0.2) is 8.42 Å². The summed E-state index contributed by atoms with van der Waals surface area (Å²) in [6, 6.07) is 0. The first-order chi connectivity index (χ1) is 8.53. The largest absolute Gasteiger partial charge is 0.469 e.